The fourth-order valence-electron chi connectivity index (χ4n) is 4.62. The van der Waals surface area contributed by atoms with Gasteiger partial charge in [0.2, 0.25) is 0 Å². The first-order valence-corrected chi connectivity index (χ1v) is 12.3. The second-order valence-corrected chi connectivity index (χ2v) is 8.96. The summed E-state index contributed by atoms with van der Waals surface area (Å²) >= 11 is 0. The highest BCUT2D eigenvalue weighted by Gasteiger charge is 2.27. The summed E-state index contributed by atoms with van der Waals surface area (Å²) in [5, 5.41) is 6.01. The molecule has 0 radical (unpaired) electrons. The van der Waals surface area contributed by atoms with Gasteiger partial charge in [-0.15, -0.1) is 0 Å². The van der Waals surface area contributed by atoms with Crippen LogP contribution in [-0.4, -0.2) is 37.4 Å². The second-order valence-electron chi connectivity index (χ2n) is 8.96. The van der Waals surface area contributed by atoms with Gasteiger partial charge in [0.1, 0.15) is 12.4 Å². The Morgan fingerprint density at radius 1 is 0.800 bits per heavy atom. The van der Waals surface area contributed by atoms with Crippen LogP contribution in [0.1, 0.15) is 29.0 Å². The molecule has 5 nitrogen and oxygen atoms in total. The average molecular weight is 469 g/mol. The molecule has 0 bridgehead atoms. The molecule has 1 fully saturated rings. The van der Waals surface area contributed by atoms with Crippen molar-refractivity contribution in [2.24, 2.45) is 0 Å². The second kappa shape index (κ2) is 11.9. The Balaban J connectivity index is 1.12. The third-order valence-electron chi connectivity index (χ3n) is 6.53. The zero-order valence-electron chi connectivity index (χ0n) is 19.9. The van der Waals surface area contributed by atoms with Gasteiger partial charge in [-0.2, -0.15) is 0 Å². The molecular formula is C30H32N2O3. The van der Waals surface area contributed by atoms with Gasteiger partial charge in [-0.25, -0.2) is 0 Å². The number of rotatable bonds is 10. The molecule has 1 aromatic heterocycles. The van der Waals surface area contributed by atoms with Crippen molar-refractivity contribution in [3.8, 4) is 5.75 Å². The molecule has 0 spiro atoms. The minimum absolute atomic E-state index is 0.142. The molecule has 1 aliphatic heterocycles. The third-order valence-corrected chi connectivity index (χ3v) is 6.53. The van der Waals surface area contributed by atoms with Crippen molar-refractivity contribution in [2.75, 3.05) is 26.3 Å². The summed E-state index contributed by atoms with van der Waals surface area (Å²) in [6.45, 7) is 4.13. The largest absolute Gasteiger partial charge is 0.491 e. The van der Waals surface area contributed by atoms with Crippen LogP contribution >= 0.6 is 0 Å². The van der Waals surface area contributed by atoms with E-state index in [-0.39, 0.29) is 6.10 Å². The first-order chi connectivity index (χ1) is 17.3. The highest BCUT2D eigenvalue weighted by atomic mass is 16.5. The van der Waals surface area contributed by atoms with E-state index in [1.54, 1.807) is 12.4 Å². The van der Waals surface area contributed by atoms with Gasteiger partial charge in [0.15, 0.2) is 0 Å². The van der Waals surface area contributed by atoms with Crippen molar-refractivity contribution in [1.29, 1.82) is 0 Å². The Bertz CT molecular complexity index is 1200. The van der Waals surface area contributed by atoms with E-state index >= 15 is 0 Å². The molecular weight excluding hydrogens is 436 g/mol. The molecule has 4 aromatic rings. The molecule has 0 aliphatic carbocycles. The zero-order chi connectivity index (χ0) is 23.7. The number of fused-ring (bicyclic) bond motifs is 1. The molecule has 180 valence electrons. The van der Waals surface area contributed by atoms with Crippen molar-refractivity contribution in [3.63, 3.8) is 0 Å². The van der Waals surface area contributed by atoms with Gasteiger partial charge in [-0.3, -0.25) is 4.98 Å². The minimum Gasteiger partial charge on any atom is -0.491 e. The molecule has 1 aliphatic rings. The molecule has 0 amide bonds. The van der Waals surface area contributed by atoms with Crippen molar-refractivity contribution in [3.05, 3.63) is 108 Å². The molecule has 2 unspecified atom stereocenters. The molecule has 2 heterocycles. The molecule has 5 heteroatoms. The summed E-state index contributed by atoms with van der Waals surface area (Å²) in [6.07, 6.45) is 4.76. The van der Waals surface area contributed by atoms with E-state index in [0.29, 0.717) is 32.3 Å². The quantitative estimate of drug-likeness (QED) is 0.312. The standard InChI is InChI=1S/C30H32N2O3/c1-2-4-27-19-24(5-6-25(27)3-1)22-35-30-20-32-16-13-29(30)26-7-9-28(10-8-26)34-18-17-33-21-23-11-14-31-15-12-23/h1-12,14-15,19,29-30,32H,13,16-18,20-22H2. The van der Waals surface area contributed by atoms with Crippen LogP contribution in [0.4, 0.5) is 0 Å². The first-order valence-electron chi connectivity index (χ1n) is 12.3. The Labute approximate surface area is 207 Å². The van der Waals surface area contributed by atoms with Crippen LogP contribution in [-0.2, 0) is 22.7 Å². The Morgan fingerprint density at radius 2 is 1.63 bits per heavy atom. The Kier molecular flexibility index (Phi) is 8.01. The molecule has 5 rings (SSSR count). The molecule has 1 saturated heterocycles. The summed E-state index contributed by atoms with van der Waals surface area (Å²) < 4.78 is 18.0. The number of nitrogens with one attached hydrogen (secondary N) is 1. The number of benzene rings is 3. The van der Waals surface area contributed by atoms with Gasteiger partial charge in [0.25, 0.3) is 0 Å². The van der Waals surface area contributed by atoms with Crippen molar-refractivity contribution >= 4 is 10.8 Å². The maximum atomic E-state index is 6.43. The number of hydrogen-bond acceptors (Lipinski definition) is 5. The minimum atomic E-state index is 0.142. The molecule has 35 heavy (non-hydrogen) atoms. The smallest absolute Gasteiger partial charge is 0.119 e. The van der Waals surface area contributed by atoms with Crippen LogP contribution in [0, 0.1) is 0 Å². The normalized spacial score (nSPS) is 17.9. The van der Waals surface area contributed by atoms with E-state index < -0.39 is 0 Å². The van der Waals surface area contributed by atoms with Gasteiger partial charge < -0.3 is 19.5 Å². The van der Waals surface area contributed by atoms with Crippen LogP contribution in [0.25, 0.3) is 10.8 Å². The number of ether oxygens (including phenoxy) is 3. The molecule has 2 atom stereocenters. The van der Waals surface area contributed by atoms with Crippen LogP contribution in [0.5, 0.6) is 5.75 Å². The summed E-state index contributed by atoms with van der Waals surface area (Å²) in [5.41, 5.74) is 3.63. The van der Waals surface area contributed by atoms with Gasteiger partial charge in [0, 0.05) is 24.9 Å². The van der Waals surface area contributed by atoms with E-state index in [2.05, 4.69) is 77.0 Å². The maximum absolute atomic E-state index is 6.43. The summed E-state index contributed by atoms with van der Waals surface area (Å²) in [6, 6.07) is 27.4. The predicted molar refractivity (Wildman–Crippen MR) is 139 cm³/mol. The lowest BCUT2D eigenvalue weighted by molar-refractivity contribution is 0.0106. The number of nitrogens with zero attached hydrogens (tertiary/aromatic N) is 1. The van der Waals surface area contributed by atoms with Crippen LogP contribution in [0.3, 0.4) is 0 Å². The number of piperidine rings is 1. The summed E-state index contributed by atoms with van der Waals surface area (Å²) in [7, 11) is 0. The van der Waals surface area contributed by atoms with Gasteiger partial charge in [-0.1, -0.05) is 48.5 Å². The summed E-state index contributed by atoms with van der Waals surface area (Å²) in [4.78, 5) is 4.02. The number of pyridine rings is 1. The van der Waals surface area contributed by atoms with Crippen LogP contribution in [0.15, 0.2) is 91.3 Å². The monoisotopic (exact) mass is 468 g/mol. The predicted octanol–water partition coefficient (Wildman–Crippen LogP) is 5.49. The topological polar surface area (TPSA) is 52.6 Å². The van der Waals surface area contributed by atoms with Crippen molar-refractivity contribution in [1.82, 2.24) is 10.3 Å². The van der Waals surface area contributed by atoms with E-state index in [0.717, 1.165) is 30.8 Å². The first kappa shape index (κ1) is 23.5. The highest BCUT2D eigenvalue weighted by Crippen LogP contribution is 2.30. The van der Waals surface area contributed by atoms with Crippen molar-refractivity contribution in [2.45, 2.75) is 31.7 Å². The van der Waals surface area contributed by atoms with E-state index in [4.69, 9.17) is 14.2 Å². The number of hydrogen-bond donors (Lipinski definition) is 1. The Hall–Kier alpha value is -3.25. The SMILES string of the molecule is c1ccc2cc(COC3CNCCC3c3ccc(OCCOCc4ccncc4)cc3)ccc2c1. The van der Waals surface area contributed by atoms with E-state index in [1.165, 1.54) is 21.9 Å². The van der Waals surface area contributed by atoms with E-state index in [9.17, 15) is 0 Å². The lowest BCUT2D eigenvalue weighted by Crippen LogP contribution is -2.40. The summed E-state index contributed by atoms with van der Waals surface area (Å²) in [5.74, 6) is 1.23. The lowest BCUT2D eigenvalue weighted by Gasteiger charge is -2.32. The van der Waals surface area contributed by atoms with Crippen molar-refractivity contribution < 1.29 is 14.2 Å². The Morgan fingerprint density at radius 3 is 2.49 bits per heavy atom. The molecule has 1 N–H and O–H groups in total. The van der Waals surface area contributed by atoms with E-state index in [1.807, 2.05) is 12.1 Å². The van der Waals surface area contributed by atoms with Gasteiger partial charge in [0.05, 0.1) is 25.9 Å². The highest BCUT2D eigenvalue weighted by molar-refractivity contribution is 5.82. The zero-order valence-corrected chi connectivity index (χ0v) is 19.9. The fourth-order valence-corrected chi connectivity index (χ4v) is 4.62. The maximum Gasteiger partial charge on any atom is 0.119 e. The van der Waals surface area contributed by atoms with Gasteiger partial charge >= 0.3 is 0 Å². The molecule has 0 saturated carbocycles. The van der Waals surface area contributed by atoms with Crippen LogP contribution < -0.4 is 10.1 Å². The third kappa shape index (κ3) is 6.45. The van der Waals surface area contributed by atoms with Crippen LogP contribution in [0.2, 0.25) is 0 Å². The van der Waals surface area contributed by atoms with Gasteiger partial charge in [-0.05, 0) is 70.8 Å². The average Bonchev–Trinajstić information content (AvgIpc) is 2.93. The fraction of sp³-hybridized carbons (Fsp3) is 0.300. The molecule has 3 aromatic carbocycles. The number of aromatic nitrogens is 1. The lowest BCUT2D eigenvalue weighted by atomic mass is 9.87.